The molecule has 0 heterocycles. The number of methoxy groups -OCH3 is 2. The lowest BCUT2D eigenvalue weighted by Gasteiger charge is -1.72. The van der Waals surface area contributed by atoms with E-state index in [1.54, 1.807) is 32.6 Å². The molecule has 0 aliphatic heterocycles. The molecule has 0 aliphatic carbocycles. The van der Waals surface area contributed by atoms with Gasteiger partial charge in [0.05, 0.1) is 0 Å². The van der Waals surface area contributed by atoms with Crippen molar-refractivity contribution in [1.82, 2.24) is 0 Å². The van der Waals surface area contributed by atoms with E-state index in [1.807, 2.05) is 0 Å². The van der Waals surface area contributed by atoms with Crippen molar-refractivity contribution in [3.05, 3.63) is 0 Å². The van der Waals surface area contributed by atoms with Crippen LogP contribution < -0.4 is 0 Å². The van der Waals surface area contributed by atoms with Crippen LogP contribution in [0.15, 0.2) is 0 Å². The predicted octanol–water partition coefficient (Wildman–Crippen LogP) is 1.39. The predicted molar refractivity (Wildman–Crippen MR) is 53.9 cm³/mol. The molecule has 0 unspecified atom stereocenters. The Morgan fingerprint density at radius 1 is 0.818 bits per heavy atom. The Hall–Kier alpha value is 0.985. The highest BCUT2D eigenvalue weighted by molar-refractivity contribution is 6.54. The second-order valence-electron chi connectivity index (χ2n) is 1.87. The van der Waals surface area contributed by atoms with E-state index in [2.05, 4.69) is 21.0 Å². The first kappa shape index (κ1) is 17.9. The van der Waals surface area contributed by atoms with Crippen molar-refractivity contribution in [2.45, 2.75) is 15.7 Å². The summed E-state index contributed by atoms with van der Waals surface area (Å²) in [6.07, 6.45) is 0. The van der Waals surface area contributed by atoms with Gasteiger partial charge in [0, 0.05) is 28.4 Å². The van der Waals surface area contributed by atoms with E-state index < -0.39 is 0 Å². The zero-order chi connectivity index (χ0) is 9.54. The minimum absolute atomic E-state index is 0.823. The van der Waals surface area contributed by atoms with Crippen molar-refractivity contribution in [3.8, 4) is 0 Å². The first-order chi connectivity index (χ1) is 5.24. The van der Waals surface area contributed by atoms with E-state index in [-0.39, 0.29) is 0 Å². The van der Waals surface area contributed by atoms with Crippen LogP contribution in [0.1, 0.15) is 0 Å². The van der Waals surface area contributed by atoms with E-state index in [4.69, 9.17) is 0 Å². The zero-order valence-electron chi connectivity index (χ0n) is 8.68. The van der Waals surface area contributed by atoms with Crippen molar-refractivity contribution < 1.29 is 9.47 Å². The van der Waals surface area contributed by atoms with Crippen LogP contribution in [-0.4, -0.2) is 58.9 Å². The molecule has 66 valence electrons. The van der Waals surface area contributed by atoms with Crippen LogP contribution in [-0.2, 0) is 9.47 Å². The molecule has 0 bridgehead atoms. The maximum atomic E-state index is 4.25. The molecule has 0 spiro atoms. The molecule has 0 rings (SSSR count). The van der Waals surface area contributed by atoms with Gasteiger partial charge in [-0.25, -0.2) is 0 Å². The number of hydrogen-bond acceptors (Lipinski definition) is 2. The van der Waals surface area contributed by atoms with Crippen LogP contribution in [0.4, 0.5) is 0 Å². The SMILES string of the molecule is COC.COC.[CH3][Al][CH2][Al][CH3]. The molecule has 4 heteroatoms. The Labute approximate surface area is 84.1 Å². The second kappa shape index (κ2) is 30.6. The van der Waals surface area contributed by atoms with Crippen LogP contribution >= 0.6 is 0 Å². The largest absolute Gasteiger partial charge is 0.388 e. The molecule has 2 nitrogen and oxygen atoms in total. The van der Waals surface area contributed by atoms with Gasteiger partial charge in [-0.3, -0.25) is 0 Å². The molecular weight excluding hydrogens is 170 g/mol. The van der Waals surface area contributed by atoms with E-state index >= 15 is 0 Å². The molecule has 11 heavy (non-hydrogen) atoms. The maximum absolute atomic E-state index is 4.25. The quantitative estimate of drug-likeness (QED) is 0.613. The van der Waals surface area contributed by atoms with Gasteiger partial charge in [-0.05, 0) is 0 Å². The summed E-state index contributed by atoms with van der Waals surface area (Å²) in [6, 6.07) is 0. The molecule has 0 aromatic carbocycles. The summed E-state index contributed by atoms with van der Waals surface area (Å²) in [7, 11) is 6.50. The van der Waals surface area contributed by atoms with Crippen LogP contribution in [0.3, 0.4) is 0 Å². The molecule has 0 aliphatic rings. The third-order valence-electron chi connectivity index (χ3n) is 0.471. The summed E-state index contributed by atoms with van der Waals surface area (Å²) in [5.74, 6) is 4.63. The Balaban J connectivity index is -0.0000000933. The Morgan fingerprint density at radius 2 is 1.00 bits per heavy atom. The third kappa shape index (κ3) is 99.5. The van der Waals surface area contributed by atoms with Crippen molar-refractivity contribution >= 4 is 30.4 Å². The van der Waals surface area contributed by atoms with Crippen molar-refractivity contribution in [2.75, 3.05) is 28.4 Å². The standard InChI is InChI=1S/2C2H6O.2CH3.CH2.2Al/c2*1-3-2;;;;;/h2*1-2H3;2*1H3;1H2;;. The summed E-state index contributed by atoms with van der Waals surface area (Å²) in [4.78, 5) is 0. The highest BCUT2D eigenvalue weighted by Crippen LogP contribution is 1.68. The van der Waals surface area contributed by atoms with Gasteiger partial charge in [-0.15, -0.1) is 11.6 Å². The zero-order valence-corrected chi connectivity index (χ0v) is 11.0. The van der Waals surface area contributed by atoms with Crippen molar-refractivity contribution in [3.63, 3.8) is 0 Å². The molecule has 0 aromatic heterocycles. The van der Waals surface area contributed by atoms with Gasteiger partial charge in [-0.2, -0.15) is 4.14 Å². The average molecular weight is 190 g/mol. The molecule has 0 N–H and O–H groups in total. The lowest BCUT2D eigenvalue weighted by atomic mass is 11.6. The Morgan fingerprint density at radius 3 is 1.00 bits per heavy atom. The summed E-state index contributed by atoms with van der Waals surface area (Å²) < 4.78 is 10.1. The smallest absolute Gasteiger partial charge is 0.178 e. The van der Waals surface area contributed by atoms with Crippen molar-refractivity contribution in [1.29, 1.82) is 0 Å². The average Bonchev–Trinajstić information content (AvgIpc) is 1.92. The van der Waals surface area contributed by atoms with Gasteiger partial charge < -0.3 is 9.47 Å². The monoisotopic (exact) mass is 190 g/mol. The summed E-state index contributed by atoms with van der Waals surface area (Å²) in [6.45, 7) is 0. The number of rotatable bonds is 2. The van der Waals surface area contributed by atoms with E-state index in [0.717, 1.165) is 30.4 Å². The first-order valence-electron chi connectivity index (χ1n) is 3.60. The first-order valence-corrected chi connectivity index (χ1v) is 7.55. The molecule has 0 fully saturated rings. The summed E-state index contributed by atoms with van der Waals surface area (Å²) in [5, 5.41) is 0. The number of hydrogen-bond donors (Lipinski definition) is 0. The molecule has 2 radical (unpaired) electrons. The minimum Gasteiger partial charge on any atom is -0.388 e. The maximum Gasteiger partial charge on any atom is 0.178 e. The highest BCUT2D eigenvalue weighted by atomic mass is 27.2. The van der Waals surface area contributed by atoms with Crippen molar-refractivity contribution in [2.24, 2.45) is 0 Å². The highest BCUT2D eigenvalue weighted by Gasteiger charge is 1.76. The van der Waals surface area contributed by atoms with Crippen LogP contribution in [0, 0.1) is 0 Å². The fraction of sp³-hybridized carbons (Fsp3) is 1.00. The Kier molecular flexibility index (Phi) is 49.8. The molecule has 0 amide bonds. The molecule has 0 atom stereocenters. The van der Waals surface area contributed by atoms with Gasteiger partial charge in [0.25, 0.3) is 0 Å². The van der Waals surface area contributed by atoms with E-state index in [0.29, 0.717) is 0 Å². The van der Waals surface area contributed by atoms with Gasteiger partial charge in [-0.1, -0.05) is 0 Å². The minimum atomic E-state index is 0.823. The summed E-state index contributed by atoms with van der Waals surface area (Å²) >= 11 is 1.65. The van der Waals surface area contributed by atoms with Gasteiger partial charge in [0.2, 0.25) is 0 Å². The Bertz CT molecular complexity index is 33.6. The van der Waals surface area contributed by atoms with E-state index in [1.165, 1.54) is 0 Å². The third-order valence-corrected chi connectivity index (χ3v) is 4.24. The lowest BCUT2D eigenvalue weighted by Crippen LogP contribution is -1.84. The van der Waals surface area contributed by atoms with Crippen LogP contribution in [0.25, 0.3) is 0 Å². The van der Waals surface area contributed by atoms with Gasteiger partial charge >= 0.3 is 0 Å². The second-order valence-corrected chi connectivity index (χ2v) is 5.39. The van der Waals surface area contributed by atoms with Crippen LogP contribution in [0.2, 0.25) is 15.7 Å². The normalized spacial score (nSPS) is 6.36. The summed E-state index contributed by atoms with van der Waals surface area (Å²) in [5.41, 5.74) is 0. The molecule has 0 aromatic rings. The topological polar surface area (TPSA) is 18.5 Å². The fourth-order valence-corrected chi connectivity index (χ4v) is 2.12. The molecule has 0 saturated carbocycles. The molecular formula is C7H20Al2O2. The lowest BCUT2D eigenvalue weighted by molar-refractivity contribution is 0.277. The van der Waals surface area contributed by atoms with Gasteiger partial charge in [0.1, 0.15) is 0 Å². The van der Waals surface area contributed by atoms with Gasteiger partial charge in [0.15, 0.2) is 30.4 Å². The van der Waals surface area contributed by atoms with Crippen LogP contribution in [0.5, 0.6) is 0 Å². The number of ether oxygens (including phenoxy) is 2. The fourth-order valence-electron chi connectivity index (χ4n) is 0.236. The van der Waals surface area contributed by atoms with E-state index in [9.17, 15) is 0 Å². The molecule has 0 saturated heterocycles.